The van der Waals surface area contributed by atoms with Crippen molar-refractivity contribution in [2.75, 3.05) is 6.61 Å². The van der Waals surface area contributed by atoms with E-state index in [1.807, 2.05) is 0 Å². The van der Waals surface area contributed by atoms with Gasteiger partial charge in [0.1, 0.15) is 0 Å². The molecule has 0 unspecified atom stereocenters. The summed E-state index contributed by atoms with van der Waals surface area (Å²) in [5.41, 5.74) is 0. The molecule has 0 aromatic rings. The quantitative estimate of drug-likeness (QED) is 0.275. The number of phosphoric acid groups is 1. The average Bonchev–Trinajstić information content (AvgIpc) is 2.45. The van der Waals surface area contributed by atoms with E-state index in [1.54, 1.807) is 0 Å². The van der Waals surface area contributed by atoms with Gasteiger partial charge in [0.25, 0.3) is 0 Å². The second-order valence-corrected chi connectivity index (χ2v) is 7.62. The Labute approximate surface area is 137 Å². The highest BCUT2D eigenvalue weighted by atomic mass is 31.2. The molecule has 2 N–H and O–H groups in total. The van der Waals surface area contributed by atoms with Gasteiger partial charge in [-0.2, -0.15) is 0 Å². The third-order valence-corrected chi connectivity index (χ3v) is 4.72. The van der Waals surface area contributed by atoms with Gasteiger partial charge in [-0.1, -0.05) is 90.9 Å². The summed E-state index contributed by atoms with van der Waals surface area (Å²) < 4.78 is 15.1. The number of rotatable bonds is 16. The number of hydrogen-bond acceptors (Lipinski definition) is 2. The average molecular weight is 336 g/mol. The van der Waals surface area contributed by atoms with Crippen LogP contribution in [-0.4, -0.2) is 16.4 Å². The van der Waals surface area contributed by atoms with E-state index in [-0.39, 0.29) is 6.61 Å². The Morgan fingerprint density at radius 1 is 0.773 bits per heavy atom. The summed E-state index contributed by atoms with van der Waals surface area (Å²) in [7, 11) is -4.28. The summed E-state index contributed by atoms with van der Waals surface area (Å²) in [5, 5.41) is 0. The van der Waals surface area contributed by atoms with Crippen LogP contribution in [0.1, 0.15) is 97.3 Å². The maximum atomic E-state index is 10.6. The van der Waals surface area contributed by atoms with Gasteiger partial charge in [0, 0.05) is 0 Å². The van der Waals surface area contributed by atoms with Crippen LogP contribution in [0.4, 0.5) is 0 Å². The highest BCUT2D eigenvalue weighted by Crippen LogP contribution is 2.36. The van der Waals surface area contributed by atoms with Gasteiger partial charge in [0.2, 0.25) is 0 Å². The van der Waals surface area contributed by atoms with Crippen LogP contribution in [0.3, 0.4) is 0 Å². The first-order valence-electron chi connectivity index (χ1n) is 9.19. The van der Waals surface area contributed by atoms with E-state index in [2.05, 4.69) is 18.4 Å². The van der Waals surface area contributed by atoms with Crippen molar-refractivity contribution >= 4 is 7.82 Å². The second kappa shape index (κ2) is 14.7. The van der Waals surface area contributed by atoms with Crippen LogP contribution in [0.5, 0.6) is 0 Å². The number of unbranched alkanes of at least 4 members (excludes halogenated alkanes) is 7. The zero-order chi connectivity index (χ0) is 16.7. The van der Waals surface area contributed by atoms with Gasteiger partial charge >= 0.3 is 7.82 Å². The normalized spacial score (nSPS) is 12.2. The van der Waals surface area contributed by atoms with Crippen LogP contribution in [0.2, 0.25) is 0 Å². The zero-order valence-corrected chi connectivity index (χ0v) is 15.5. The van der Waals surface area contributed by atoms with Crippen LogP contribution in [0, 0.1) is 5.92 Å². The van der Waals surface area contributed by atoms with Crippen LogP contribution in [0.25, 0.3) is 0 Å². The van der Waals surface area contributed by atoms with Gasteiger partial charge in [0.15, 0.2) is 0 Å². The van der Waals surface area contributed by atoms with Crippen LogP contribution >= 0.6 is 7.82 Å². The van der Waals surface area contributed by atoms with E-state index in [1.165, 1.54) is 70.6 Å². The first-order chi connectivity index (χ1) is 10.5. The molecule has 0 amide bonds. The maximum absolute atomic E-state index is 10.6. The Balaban J connectivity index is 3.81. The monoisotopic (exact) mass is 336 g/mol. The molecule has 4 nitrogen and oxygen atoms in total. The van der Waals surface area contributed by atoms with Crippen LogP contribution in [-0.2, 0) is 9.09 Å². The molecule has 0 aliphatic rings. The molecule has 0 radical (unpaired) electrons. The Morgan fingerprint density at radius 3 is 1.64 bits per heavy atom. The molecule has 0 rings (SSSR count). The van der Waals surface area contributed by atoms with E-state index in [0.29, 0.717) is 0 Å². The molecule has 22 heavy (non-hydrogen) atoms. The Bertz CT molecular complexity index is 266. The highest BCUT2D eigenvalue weighted by Gasteiger charge is 2.13. The Kier molecular flexibility index (Phi) is 14.8. The zero-order valence-electron chi connectivity index (χ0n) is 14.6. The molecule has 0 aliphatic carbocycles. The van der Waals surface area contributed by atoms with E-state index in [0.717, 1.165) is 18.8 Å². The van der Waals surface area contributed by atoms with Gasteiger partial charge in [-0.05, 0) is 12.3 Å². The van der Waals surface area contributed by atoms with E-state index in [9.17, 15) is 4.57 Å². The lowest BCUT2D eigenvalue weighted by Crippen LogP contribution is -2.02. The molecule has 0 atom stereocenters. The first kappa shape index (κ1) is 22.1. The summed E-state index contributed by atoms with van der Waals surface area (Å²) >= 11 is 0. The minimum atomic E-state index is -4.28. The van der Waals surface area contributed by atoms with Crippen LogP contribution < -0.4 is 0 Å². The highest BCUT2D eigenvalue weighted by molar-refractivity contribution is 7.46. The van der Waals surface area contributed by atoms with Crippen molar-refractivity contribution in [3.05, 3.63) is 0 Å². The second-order valence-electron chi connectivity index (χ2n) is 6.38. The fraction of sp³-hybridized carbons (Fsp3) is 1.00. The molecule has 5 heteroatoms. The molecule has 0 aliphatic heterocycles. The minimum Gasteiger partial charge on any atom is -0.303 e. The lowest BCUT2D eigenvalue weighted by Gasteiger charge is -2.17. The fourth-order valence-corrected chi connectivity index (χ4v) is 3.24. The molecular formula is C17H37O4P. The summed E-state index contributed by atoms with van der Waals surface area (Å²) in [5.74, 6) is 0.781. The van der Waals surface area contributed by atoms with Crippen molar-refractivity contribution < 1.29 is 18.9 Å². The van der Waals surface area contributed by atoms with Crippen molar-refractivity contribution in [2.45, 2.75) is 97.3 Å². The standard InChI is InChI=1S/C17H37O4P/c1-3-5-7-9-13-17(14-10-8-6-4-2)15-11-12-16-21-22(18,19)20/h17H,3-16H2,1-2H3,(H2,18,19,20). The van der Waals surface area contributed by atoms with Crippen molar-refractivity contribution in [3.63, 3.8) is 0 Å². The minimum absolute atomic E-state index is 0.169. The summed E-state index contributed by atoms with van der Waals surface area (Å²) in [6, 6.07) is 0. The topological polar surface area (TPSA) is 66.8 Å². The summed E-state index contributed by atoms with van der Waals surface area (Å²) in [4.78, 5) is 17.3. The van der Waals surface area contributed by atoms with Gasteiger partial charge in [-0.15, -0.1) is 0 Å². The largest absolute Gasteiger partial charge is 0.469 e. The van der Waals surface area contributed by atoms with Gasteiger partial charge in [-0.3, -0.25) is 4.52 Å². The molecular weight excluding hydrogens is 299 g/mol. The summed E-state index contributed by atoms with van der Waals surface area (Å²) in [6.45, 7) is 4.65. The molecule has 0 heterocycles. The fourth-order valence-electron chi connectivity index (χ4n) is 2.87. The van der Waals surface area contributed by atoms with E-state index < -0.39 is 7.82 Å². The maximum Gasteiger partial charge on any atom is 0.469 e. The molecule has 0 aromatic heterocycles. The Morgan fingerprint density at radius 2 is 1.23 bits per heavy atom. The van der Waals surface area contributed by atoms with Crippen molar-refractivity contribution in [1.82, 2.24) is 0 Å². The van der Waals surface area contributed by atoms with E-state index in [4.69, 9.17) is 9.79 Å². The van der Waals surface area contributed by atoms with Crippen molar-refractivity contribution in [1.29, 1.82) is 0 Å². The smallest absolute Gasteiger partial charge is 0.303 e. The van der Waals surface area contributed by atoms with Crippen molar-refractivity contribution in [3.8, 4) is 0 Å². The molecule has 0 bridgehead atoms. The van der Waals surface area contributed by atoms with Crippen molar-refractivity contribution in [2.24, 2.45) is 5.92 Å². The third-order valence-electron chi connectivity index (χ3n) is 4.20. The summed E-state index contributed by atoms with van der Waals surface area (Å²) in [6.07, 6.45) is 16.1. The van der Waals surface area contributed by atoms with Gasteiger partial charge in [0.05, 0.1) is 6.61 Å². The van der Waals surface area contributed by atoms with Gasteiger partial charge in [-0.25, -0.2) is 4.57 Å². The molecule has 0 saturated heterocycles. The predicted octanol–water partition coefficient (Wildman–Crippen LogP) is 5.82. The van der Waals surface area contributed by atoms with E-state index >= 15 is 0 Å². The SMILES string of the molecule is CCCCCCC(CCCCCC)CCCCOP(=O)(O)O. The lowest BCUT2D eigenvalue weighted by atomic mass is 9.90. The van der Waals surface area contributed by atoms with Gasteiger partial charge < -0.3 is 9.79 Å². The Hall–Kier alpha value is 0.110. The third kappa shape index (κ3) is 16.5. The molecule has 0 saturated carbocycles. The predicted molar refractivity (Wildman–Crippen MR) is 92.9 cm³/mol. The number of hydrogen-bond donors (Lipinski definition) is 2. The molecule has 0 aromatic carbocycles. The molecule has 134 valence electrons. The molecule has 0 spiro atoms. The van der Waals surface area contributed by atoms with Crippen LogP contribution in [0.15, 0.2) is 0 Å². The molecule has 0 fully saturated rings. The lowest BCUT2D eigenvalue weighted by molar-refractivity contribution is 0.191. The first-order valence-corrected chi connectivity index (χ1v) is 10.7. The number of phosphoric ester groups is 1.